The van der Waals surface area contributed by atoms with E-state index in [1.54, 1.807) is 26.2 Å². The van der Waals surface area contributed by atoms with Gasteiger partial charge in [-0.25, -0.2) is 9.59 Å². The third kappa shape index (κ3) is 5.19. The molecular weight excluding hydrogens is 464 g/mol. The number of esters is 1. The molecule has 2 N–H and O–H groups in total. The zero-order valence-corrected chi connectivity index (χ0v) is 19.2. The molecule has 0 aromatic heterocycles. The van der Waals surface area contributed by atoms with Crippen molar-refractivity contribution in [2.24, 2.45) is 0 Å². The van der Waals surface area contributed by atoms with Gasteiger partial charge in [0.05, 0.1) is 25.3 Å². The first-order valence-electron chi connectivity index (χ1n) is 10.00. The molecule has 7 nitrogen and oxygen atoms in total. The lowest BCUT2D eigenvalue weighted by atomic mass is 9.93. The largest absolute Gasteiger partial charge is 0.493 e. The number of hydrogen-bond acceptors (Lipinski definition) is 5. The summed E-state index contributed by atoms with van der Waals surface area (Å²) in [6.45, 7) is 4.13. The zero-order valence-electron chi connectivity index (χ0n) is 17.7. The van der Waals surface area contributed by atoms with Crippen molar-refractivity contribution in [3.63, 3.8) is 0 Å². The Bertz CT molecular complexity index is 988. The number of carbonyl (C=O) groups excluding carboxylic acids is 2. The average Bonchev–Trinajstić information content (AvgIpc) is 2.77. The molecule has 8 heteroatoms. The summed E-state index contributed by atoms with van der Waals surface area (Å²) in [6.07, 6.45) is 0.469. The summed E-state index contributed by atoms with van der Waals surface area (Å²) < 4.78 is 17.9. The van der Waals surface area contributed by atoms with Crippen LogP contribution in [-0.4, -0.2) is 25.7 Å². The minimum Gasteiger partial charge on any atom is -0.493 e. The fourth-order valence-corrected chi connectivity index (χ4v) is 3.66. The van der Waals surface area contributed by atoms with Crippen molar-refractivity contribution >= 4 is 27.9 Å². The van der Waals surface area contributed by atoms with Crippen LogP contribution in [0.5, 0.6) is 11.5 Å². The molecule has 0 saturated carbocycles. The number of rotatable bonds is 8. The number of ether oxygens (including phenoxy) is 3. The van der Waals surface area contributed by atoms with E-state index in [2.05, 4.69) is 26.6 Å². The number of carbonyl (C=O) groups is 2. The number of hydrogen-bond donors (Lipinski definition) is 2. The lowest BCUT2D eigenvalue weighted by Crippen LogP contribution is -2.46. The molecule has 2 aromatic carbocycles. The summed E-state index contributed by atoms with van der Waals surface area (Å²) in [5, 5.41) is 5.55. The van der Waals surface area contributed by atoms with Crippen LogP contribution in [0.15, 0.2) is 58.2 Å². The van der Waals surface area contributed by atoms with Gasteiger partial charge in [-0.3, -0.25) is 0 Å². The molecule has 2 aromatic rings. The van der Waals surface area contributed by atoms with Crippen LogP contribution < -0.4 is 20.1 Å². The molecule has 0 radical (unpaired) electrons. The Kier molecular flexibility index (Phi) is 7.57. The first kappa shape index (κ1) is 22.7. The highest BCUT2D eigenvalue weighted by Crippen LogP contribution is 2.40. The van der Waals surface area contributed by atoms with Gasteiger partial charge < -0.3 is 24.8 Å². The van der Waals surface area contributed by atoms with Crippen molar-refractivity contribution in [1.29, 1.82) is 0 Å². The Balaban J connectivity index is 2.04. The van der Waals surface area contributed by atoms with Gasteiger partial charge in [0.15, 0.2) is 11.5 Å². The summed E-state index contributed by atoms with van der Waals surface area (Å²) >= 11 is 3.42. The summed E-state index contributed by atoms with van der Waals surface area (Å²) in [4.78, 5) is 25.1. The van der Waals surface area contributed by atoms with E-state index in [-0.39, 0.29) is 6.61 Å². The van der Waals surface area contributed by atoms with Gasteiger partial charge in [-0.05, 0) is 37.1 Å². The van der Waals surface area contributed by atoms with Crippen molar-refractivity contribution in [3.8, 4) is 11.5 Å². The Morgan fingerprint density at radius 2 is 1.87 bits per heavy atom. The van der Waals surface area contributed by atoms with Gasteiger partial charge in [0, 0.05) is 15.7 Å². The Labute approximate surface area is 189 Å². The molecule has 1 aliphatic heterocycles. The number of halogens is 1. The van der Waals surface area contributed by atoms with Crippen molar-refractivity contribution in [3.05, 3.63) is 69.3 Å². The monoisotopic (exact) mass is 488 g/mol. The number of nitrogens with one attached hydrogen (secondary N) is 2. The topological polar surface area (TPSA) is 85.9 Å². The van der Waals surface area contributed by atoms with Crippen molar-refractivity contribution in [1.82, 2.24) is 10.6 Å². The minimum absolute atomic E-state index is 0.227. The highest BCUT2D eigenvalue weighted by atomic mass is 79.9. The molecule has 1 heterocycles. The highest BCUT2D eigenvalue weighted by Gasteiger charge is 2.35. The molecule has 0 spiro atoms. The van der Waals surface area contributed by atoms with Gasteiger partial charge in [0.25, 0.3) is 0 Å². The Morgan fingerprint density at radius 1 is 1.13 bits per heavy atom. The molecule has 1 atom stereocenters. The molecule has 31 heavy (non-hydrogen) atoms. The van der Waals surface area contributed by atoms with E-state index >= 15 is 0 Å². The van der Waals surface area contributed by atoms with Crippen molar-refractivity contribution < 1.29 is 23.8 Å². The van der Waals surface area contributed by atoms with Crippen LogP contribution in [0.25, 0.3) is 0 Å². The third-order valence-corrected chi connectivity index (χ3v) is 5.37. The number of amides is 2. The predicted octanol–water partition coefficient (Wildman–Crippen LogP) is 4.62. The number of para-hydroxylation sites is 1. The van der Waals surface area contributed by atoms with Crippen LogP contribution >= 0.6 is 15.9 Å². The van der Waals surface area contributed by atoms with E-state index < -0.39 is 18.0 Å². The number of benzene rings is 2. The summed E-state index contributed by atoms with van der Waals surface area (Å²) in [7, 11) is 1.55. The fourth-order valence-electron chi connectivity index (χ4n) is 3.39. The third-order valence-electron chi connectivity index (χ3n) is 4.84. The molecule has 3 rings (SSSR count). The van der Waals surface area contributed by atoms with Crippen molar-refractivity contribution in [2.45, 2.75) is 32.9 Å². The van der Waals surface area contributed by atoms with E-state index in [9.17, 15) is 9.59 Å². The number of urea groups is 1. The fraction of sp³-hybridized carbons (Fsp3) is 0.304. The Hall–Kier alpha value is -3.00. The van der Waals surface area contributed by atoms with Crippen LogP contribution in [0.1, 0.15) is 37.4 Å². The molecule has 2 amide bonds. The lowest BCUT2D eigenvalue weighted by molar-refractivity contribution is -0.139. The SMILES string of the molecule is CCOC(=O)C1=C(CC)NC(=O)NC1c1cccc(OC)c1OCc1ccc(Br)cc1. The first-order valence-corrected chi connectivity index (χ1v) is 10.8. The van der Waals surface area contributed by atoms with E-state index in [1.807, 2.05) is 37.3 Å². The first-order chi connectivity index (χ1) is 15.0. The second-order valence-corrected chi connectivity index (χ2v) is 7.71. The van der Waals surface area contributed by atoms with E-state index in [4.69, 9.17) is 14.2 Å². The molecule has 0 fully saturated rings. The molecule has 0 bridgehead atoms. The van der Waals surface area contributed by atoms with Crippen LogP contribution in [0.4, 0.5) is 4.79 Å². The second kappa shape index (κ2) is 10.3. The molecule has 1 unspecified atom stereocenters. The van der Waals surface area contributed by atoms with Crippen LogP contribution in [0.2, 0.25) is 0 Å². The van der Waals surface area contributed by atoms with Gasteiger partial charge in [0.2, 0.25) is 0 Å². The maximum Gasteiger partial charge on any atom is 0.338 e. The molecule has 0 aliphatic carbocycles. The molecular formula is C23H25BrN2O5. The summed E-state index contributed by atoms with van der Waals surface area (Å²) in [5.41, 5.74) is 2.45. The lowest BCUT2D eigenvalue weighted by Gasteiger charge is -2.30. The maximum absolute atomic E-state index is 12.8. The predicted molar refractivity (Wildman–Crippen MR) is 120 cm³/mol. The standard InChI is InChI=1S/C23H25BrN2O5/c1-4-17-19(22(27)30-5-2)20(26-23(28)25-17)16-7-6-8-18(29-3)21(16)31-13-14-9-11-15(24)12-10-14/h6-12,20H,4-5,13H2,1-3H3,(H2,25,26,28). The van der Waals surface area contributed by atoms with Gasteiger partial charge in [-0.15, -0.1) is 0 Å². The van der Waals surface area contributed by atoms with E-state index in [1.165, 1.54) is 0 Å². The normalized spacial score (nSPS) is 15.7. The summed E-state index contributed by atoms with van der Waals surface area (Å²) in [5.74, 6) is 0.472. The van der Waals surface area contributed by atoms with E-state index in [0.29, 0.717) is 41.4 Å². The van der Waals surface area contributed by atoms with Crippen molar-refractivity contribution in [2.75, 3.05) is 13.7 Å². The van der Waals surface area contributed by atoms with Crippen LogP contribution in [0.3, 0.4) is 0 Å². The summed E-state index contributed by atoms with van der Waals surface area (Å²) in [6, 6.07) is 12.0. The smallest absolute Gasteiger partial charge is 0.338 e. The number of allylic oxidation sites excluding steroid dienone is 1. The van der Waals surface area contributed by atoms with Gasteiger partial charge in [0.1, 0.15) is 6.61 Å². The average molecular weight is 489 g/mol. The van der Waals surface area contributed by atoms with Gasteiger partial charge in [-0.1, -0.05) is 47.1 Å². The van der Waals surface area contributed by atoms with Gasteiger partial charge in [-0.2, -0.15) is 0 Å². The van der Waals surface area contributed by atoms with Crippen LogP contribution in [-0.2, 0) is 16.1 Å². The van der Waals surface area contributed by atoms with Crippen LogP contribution in [0, 0.1) is 0 Å². The number of methoxy groups -OCH3 is 1. The quantitative estimate of drug-likeness (QED) is 0.529. The molecule has 1 aliphatic rings. The highest BCUT2D eigenvalue weighted by molar-refractivity contribution is 9.10. The molecule has 164 valence electrons. The molecule has 0 saturated heterocycles. The Morgan fingerprint density at radius 3 is 2.52 bits per heavy atom. The minimum atomic E-state index is -0.738. The van der Waals surface area contributed by atoms with E-state index in [0.717, 1.165) is 10.0 Å². The maximum atomic E-state index is 12.8. The zero-order chi connectivity index (χ0) is 22.4. The second-order valence-electron chi connectivity index (χ2n) is 6.79. The van der Waals surface area contributed by atoms with Gasteiger partial charge >= 0.3 is 12.0 Å².